The van der Waals surface area contributed by atoms with E-state index in [1.54, 1.807) is 34.0 Å². The van der Waals surface area contributed by atoms with E-state index < -0.39 is 37.3 Å². The Morgan fingerprint density at radius 1 is 0.915 bits per heavy atom. The van der Waals surface area contributed by atoms with Crippen LogP contribution in [-0.4, -0.2) is 51.2 Å². The molecule has 1 saturated heterocycles. The molecule has 4 aromatic rings. The zero-order valence-corrected chi connectivity index (χ0v) is 28.2. The van der Waals surface area contributed by atoms with Crippen LogP contribution in [0, 0.1) is 5.92 Å². The number of nitrogens with zero attached hydrogens (tertiary/aromatic N) is 2. The molecule has 1 aliphatic carbocycles. The van der Waals surface area contributed by atoms with Gasteiger partial charge in [-0.15, -0.1) is 11.3 Å². The topological polar surface area (TPSA) is 169 Å². The van der Waals surface area contributed by atoms with Crippen molar-refractivity contribution in [1.82, 2.24) is 4.98 Å². The number of nitrogens with two attached hydrogens (primary N) is 1. The second-order valence-electron chi connectivity index (χ2n) is 11.9. The van der Waals surface area contributed by atoms with Crippen molar-refractivity contribution in [1.29, 1.82) is 0 Å². The van der Waals surface area contributed by atoms with Gasteiger partial charge in [-0.2, -0.15) is 11.8 Å². The molecule has 2 amide bonds. The van der Waals surface area contributed by atoms with Crippen LogP contribution in [0.5, 0.6) is 0 Å². The quantitative estimate of drug-likeness (QED) is 0.217. The van der Waals surface area contributed by atoms with E-state index in [2.05, 4.69) is 15.0 Å². The lowest BCUT2D eigenvalue weighted by Crippen LogP contribution is -2.50. The largest absolute Gasteiger partial charge is 0.366 e. The number of primary amides is 1. The van der Waals surface area contributed by atoms with E-state index in [-0.39, 0.29) is 32.4 Å². The summed E-state index contributed by atoms with van der Waals surface area (Å²) in [5, 5.41) is 4.71. The average Bonchev–Trinajstić information content (AvgIpc) is 3.70. The van der Waals surface area contributed by atoms with E-state index in [9.17, 15) is 26.4 Å². The standard InChI is InChI=1S/C32H31N5O6S4/c33-29(38)21-6-9-24(10-7-21)47(42,43)37-27-11-8-22(18-26(27)32(12-15-44-16-13-32)28(37)20-4-5-20)30(39)35-23-2-1-3-25(19-23)46(40,41)36-31-34-14-17-45-31/h1-3,6-11,14,17-20,28H,4-5,12-13,15-16H2,(H2,33,38)(H,34,36)(H,35,39). The van der Waals surface area contributed by atoms with Crippen molar-refractivity contribution in [2.75, 3.05) is 25.8 Å². The molecule has 11 nitrogen and oxygen atoms in total. The third kappa shape index (κ3) is 5.79. The Hall–Kier alpha value is -3.92. The van der Waals surface area contributed by atoms with Gasteiger partial charge in [0.1, 0.15) is 0 Å². The van der Waals surface area contributed by atoms with Crippen molar-refractivity contribution in [3.8, 4) is 0 Å². The number of nitrogens with one attached hydrogen (secondary N) is 2. The van der Waals surface area contributed by atoms with Gasteiger partial charge in [-0.3, -0.25) is 18.6 Å². The van der Waals surface area contributed by atoms with E-state index in [1.165, 1.54) is 42.6 Å². The molecular formula is C32H31N5O6S4. The van der Waals surface area contributed by atoms with Crippen molar-refractivity contribution in [2.45, 2.75) is 46.9 Å². The monoisotopic (exact) mass is 709 g/mol. The lowest BCUT2D eigenvalue weighted by atomic mass is 9.70. The smallest absolute Gasteiger partial charge is 0.264 e. The molecular weight excluding hydrogens is 679 g/mol. The third-order valence-corrected chi connectivity index (χ3v) is 14.0. The van der Waals surface area contributed by atoms with Crippen molar-refractivity contribution in [3.05, 3.63) is 95.0 Å². The summed E-state index contributed by atoms with van der Waals surface area (Å²) in [4.78, 5) is 29.3. The first kappa shape index (κ1) is 31.7. The van der Waals surface area contributed by atoms with Crippen molar-refractivity contribution >= 4 is 71.5 Å². The van der Waals surface area contributed by atoms with Crippen LogP contribution in [0.1, 0.15) is 52.0 Å². The zero-order chi connectivity index (χ0) is 33.0. The molecule has 0 radical (unpaired) electrons. The highest BCUT2D eigenvalue weighted by atomic mass is 32.2. The van der Waals surface area contributed by atoms with Crippen LogP contribution in [0.4, 0.5) is 16.5 Å². The second-order valence-corrected chi connectivity index (χ2v) is 17.5. The first-order valence-electron chi connectivity index (χ1n) is 15.0. The second kappa shape index (κ2) is 12.0. The highest BCUT2D eigenvalue weighted by Crippen LogP contribution is 2.59. The van der Waals surface area contributed by atoms with Crippen molar-refractivity contribution < 1.29 is 26.4 Å². The minimum absolute atomic E-state index is 0.0323. The van der Waals surface area contributed by atoms with E-state index in [0.717, 1.165) is 54.1 Å². The predicted molar refractivity (Wildman–Crippen MR) is 183 cm³/mol. The lowest BCUT2D eigenvalue weighted by Gasteiger charge is -2.41. The molecule has 3 heterocycles. The molecule has 15 heteroatoms. The first-order chi connectivity index (χ1) is 22.5. The molecule has 2 fully saturated rings. The van der Waals surface area contributed by atoms with Crippen LogP contribution >= 0.6 is 23.1 Å². The van der Waals surface area contributed by atoms with Crippen LogP contribution in [0.25, 0.3) is 0 Å². The highest BCUT2D eigenvalue weighted by molar-refractivity contribution is 7.99. The molecule has 1 aromatic heterocycles. The summed E-state index contributed by atoms with van der Waals surface area (Å²) in [6.07, 6.45) is 4.88. The molecule has 1 atom stereocenters. The van der Waals surface area contributed by atoms with Crippen LogP contribution in [0.2, 0.25) is 0 Å². The van der Waals surface area contributed by atoms with Gasteiger partial charge in [0.2, 0.25) is 5.91 Å². The van der Waals surface area contributed by atoms with Gasteiger partial charge < -0.3 is 11.1 Å². The number of sulfonamides is 2. The van der Waals surface area contributed by atoms with Crippen LogP contribution < -0.4 is 20.1 Å². The van der Waals surface area contributed by atoms with E-state index in [4.69, 9.17) is 5.73 Å². The van der Waals surface area contributed by atoms with Gasteiger partial charge in [0.25, 0.3) is 26.0 Å². The number of rotatable bonds is 9. The fourth-order valence-electron chi connectivity index (χ4n) is 6.73. The van der Waals surface area contributed by atoms with Gasteiger partial charge in [0, 0.05) is 33.8 Å². The zero-order valence-electron chi connectivity index (χ0n) is 25.0. The number of hydrogen-bond donors (Lipinski definition) is 3. The summed E-state index contributed by atoms with van der Waals surface area (Å²) in [6.45, 7) is 0. The number of amides is 2. The maximum absolute atomic E-state index is 14.4. The molecule has 4 N–H and O–H groups in total. The van der Waals surface area contributed by atoms with Gasteiger partial charge >= 0.3 is 0 Å². The fourth-order valence-corrected chi connectivity index (χ4v) is 11.6. The Balaban J connectivity index is 1.24. The molecule has 1 saturated carbocycles. The summed E-state index contributed by atoms with van der Waals surface area (Å²) < 4.78 is 58.6. The number of anilines is 3. The Morgan fingerprint density at radius 2 is 1.64 bits per heavy atom. The van der Waals surface area contributed by atoms with Gasteiger partial charge in [-0.1, -0.05) is 6.07 Å². The Bertz CT molecular complexity index is 2080. The fraction of sp³-hybridized carbons (Fsp3) is 0.281. The number of benzene rings is 3. The maximum atomic E-state index is 14.4. The molecule has 3 aliphatic rings. The Kier molecular flexibility index (Phi) is 8.05. The van der Waals surface area contributed by atoms with Crippen LogP contribution in [-0.2, 0) is 25.5 Å². The number of thioether (sulfide) groups is 1. The van der Waals surface area contributed by atoms with Gasteiger partial charge in [-0.05, 0) is 109 Å². The Morgan fingerprint density at radius 3 is 2.30 bits per heavy atom. The number of aromatic nitrogens is 1. The molecule has 47 heavy (non-hydrogen) atoms. The van der Waals surface area contributed by atoms with E-state index in [0.29, 0.717) is 16.9 Å². The molecule has 1 spiro atoms. The maximum Gasteiger partial charge on any atom is 0.264 e. The normalized spacial score (nSPS) is 18.9. The average molecular weight is 710 g/mol. The summed E-state index contributed by atoms with van der Waals surface area (Å²) >= 11 is 2.99. The van der Waals surface area contributed by atoms with Gasteiger partial charge in [-0.25, -0.2) is 21.8 Å². The lowest BCUT2D eigenvalue weighted by molar-refractivity contribution is 0.0997. The third-order valence-electron chi connectivity index (χ3n) is 9.06. The minimum Gasteiger partial charge on any atom is -0.366 e. The number of carbonyl (C=O) groups is 2. The van der Waals surface area contributed by atoms with Crippen LogP contribution in [0.3, 0.4) is 0 Å². The molecule has 7 rings (SSSR count). The molecule has 0 bridgehead atoms. The van der Waals surface area contributed by atoms with Gasteiger partial charge in [0.05, 0.1) is 21.5 Å². The molecule has 3 aromatic carbocycles. The SMILES string of the molecule is NC(=O)c1ccc(S(=O)(=O)N2c3ccc(C(=O)Nc4cccc(S(=O)(=O)Nc5nccs5)c4)cc3C3(CCSCC3)C2C2CC2)cc1. The Labute approximate surface area is 281 Å². The summed E-state index contributed by atoms with van der Waals surface area (Å²) in [7, 11) is -7.97. The van der Waals surface area contributed by atoms with Gasteiger partial charge in [0.15, 0.2) is 5.13 Å². The molecule has 2 aliphatic heterocycles. The number of carbonyl (C=O) groups excluding carboxylic acids is 2. The summed E-state index contributed by atoms with van der Waals surface area (Å²) in [5.74, 6) is 0.848. The number of fused-ring (bicyclic) bond motifs is 2. The van der Waals surface area contributed by atoms with Crippen LogP contribution in [0.15, 0.2) is 88.1 Å². The van der Waals surface area contributed by atoms with E-state index >= 15 is 0 Å². The summed E-state index contributed by atoms with van der Waals surface area (Å²) in [5.41, 5.74) is 7.19. The number of thiazole rings is 1. The predicted octanol–water partition coefficient (Wildman–Crippen LogP) is 5.05. The van der Waals surface area contributed by atoms with E-state index in [1.807, 2.05) is 17.8 Å². The minimum atomic E-state index is -4.04. The summed E-state index contributed by atoms with van der Waals surface area (Å²) in [6, 6.07) is 16.5. The molecule has 244 valence electrons. The highest BCUT2D eigenvalue weighted by Gasteiger charge is 2.59. The number of hydrogen-bond acceptors (Lipinski definition) is 9. The van der Waals surface area contributed by atoms with Crippen molar-refractivity contribution in [2.24, 2.45) is 11.7 Å². The first-order valence-corrected chi connectivity index (χ1v) is 20.0. The molecule has 1 unspecified atom stereocenters. The van der Waals surface area contributed by atoms with Crippen molar-refractivity contribution in [3.63, 3.8) is 0 Å².